The van der Waals surface area contributed by atoms with E-state index in [0.29, 0.717) is 0 Å². The Kier molecular flexibility index (Phi) is 5.35. The molecule has 0 saturated heterocycles. The molecule has 1 aromatic rings. The molecule has 0 aromatic heterocycles. The summed E-state index contributed by atoms with van der Waals surface area (Å²) in [5, 5.41) is 3.30. The van der Waals surface area contributed by atoms with E-state index in [2.05, 4.69) is 17.4 Å². The third kappa shape index (κ3) is 3.97. The molecule has 4 heteroatoms. The van der Waals surface area contributed by atoms with Crippen molar-refractivity contribution in [3.05, 3.63) is 24.3 Å². The van der Waals surface area contributed by atoms with Gasteiger partial charge in [0.2, 0.25) is 0 Å². The molecule has 0 spiro atoms. The Balaban J connectivity index is 2.60. The molecule has 2 atom stereocenters. The Morgan fingerprint density at radius 3 is 2.35 bits per heavy atom. The van der Waals surface area contributed by atoms with Gasteiger partial charge in [0, 0.05) is 16.6 Å². The molecule has 0 saturated carbocycles. The Hall–Kier alpha value is -1.16. The van der Waals surface area contributed by atoms with Gasteiger partial charge in [-0.05, 0) is 44.4 Å². The monoisotopic (exact) mass is 253 g/mol. The van der Waals surface area contributed by atoms with Gasteiger partial charge in [0.25, 0.3) is 0 Å². The summed E-state index contributed by atoms with van der Waals surface area (Å²) in [7, 11) is 1.42. The van der Waals surface area contributed by atoms with Crippen LogP contribution in [-0.4, -0.2) is 25.4 Å². The second-order valence-electron chi connectivity index (χ2n) is 3.97. The summed E-state index contributed by atoms with van der Waals surface area (Å²) in [5.41, 5.74) is 1.02. The molecule has 17 heavy (non-hydrogen) atoms. The maximum absolute atomic E-state index is 11.4. The second-order valence-corrected chi connectivity index (χ2v) is 4.85. The molecule has 3 nitrogen and oxygen atoms in total. The van der Waals surface area contributed by atoms with Gasteiger partial charge in [0.05, 0.1) is 13.0 Å². The lowest BCUT2D eigenvalue weighted by Gasteiger charge is -2.20. The summed E-state index contributed by atoms with van der Waals surface area (Å²) in [5.74, 6) is -0.356. The Morgan fingerprint density at radius 1 is 1.29 bits per heavy atom. The fourth-order valence-corrected chi connectivity index (χ4v) is 1.87. The molecule has 1 N–H and O–H groups in total. The van der Waals surface area contributed by atoms with E-state index in [-0.39, 0.29) is 17.9 Å². The highest BCUT2D eigenvalue weighted by atomic mass is 32.2. The van der Waals surface area contributed by atoms with E-state index in [0.717, 1.165) is 5.69 Å². The van der Waals surface area contributed by atoms with Crippen molar-refractivity contribution in [3.63, 3.8) is 0 Å². The highest BCUT2D eigenvalue weighted by Crippen LogP contribution is 2.19. The van der Waals surface area contributed by atoms with Crippen molar-refractivity contribution in [1.82, 2.24) is 0 Å². The SMILES string of the molecule is COC(=O)C(C)C(C)Nc1ccc(SC)cc1. The largest absolute Gasteiger partial charge is 0.469 e. The fourth-order valence-electron chi connectivity index (χ4n) is 1.47. The molecular weight excluding hydrogens is 234 g/mol. The second kappa shape index (κ2) is 6.55. The van der Waals surface area contributed by atoms with Gasteiger partial charge in [-0.1, -0.05) is 0 Å². The summed E-state index contributed by atoms with van der Waals surface area (Å²) in [6.07, 6.45) is 2.05. The molecule has 0 aliphatic rings. The molecule has 0 amide bonds. The molecule has 94 valence electrons. The van der Waals surface area contributed by atoms with Crippen molar-refractivity contribution in [3.8, 4) is 0 Å². The molecule has 0 radical (unpaired) electrons. The summed E-state index contributed by atoms with van der Waals surface area (Å²) >= 11 is 1.71. The fraction of sp³-hybridized carbons (Fsp3) is 0.462. The van der Waals surface area contributed by atoms with Crippen LogP contribution in [0.5, 0.6) is 0 Å². The van der Waals surface area contributed by atoms with Gasteiger partial charge in [-0.15, -0.1) is 11.8 Å². The van der Waals surface area contributed by atoms with E-state index in [1.165, 1.54) is 12.0 Å². The number of benzene rings is 1. The minimum atomic E-state index is -0.189. The van der Waals surface area contributed by atoms with Crippen LogP contribution in [-0.2, 0) is 9.53 Å². The number of nitrogens with one attached hydrogen (secondary N) is 1. The van der Waals surface area contributed by atoms with E-state index in [9.17, 15) is 4.79 Å². The van der Waals surface area contributed by atoms with Gasteiger partial charge in [-0.3, -0.25) is 4.79 Å². The zero-order valence-electron chi connectivity index (χ0n) is 10.7. The Bertz CT molecular complexity index is 364. The molecule has 0 aliphatic carbocycles. The Morgan fingerprint density at radius 2 is 1.88 bits per heavy atom. The molecule has 2 unspecified atom stereocenters. The van der Waals surface area contributed by atoms with E-state index < -0.39 is 0 Å². The topological polar surface area (TPSA) is 38.3 Å². The first-order chi connectivity index (χ1) is 8.08. The van der Waals surface area contributed by atoms with Crippen molar-refractivity contribution in [1.29, 1.82) is 0 Å². The zero-order chi connectivity index (χ0) is 12.8. The highest BCUT2D eigenvalue weighted by Gasteiger charge is 2.20. The van der Waals surface area contributed by atoms with Crippen LogP contribution in [0.25, 0.3) is 0 Å². The average molecular weight is 253 g/mol. The van der Waals surface area contributed by atoms with Gasteiger partial charge in [0.1, 0.15) is 0 Å². The van der Waals surface area contributed by atoms with Gasteiger partial charge >= 0.3 is 5.97 Å². The first-order valence-corrected chi connectivity index (χ1v) is 6.79. The van der Waals surface area contributed by atoms with Crippen molar-refractivity contribution in [2.75, 3.05) is 18.7 Å². The highest BCUT2D eigenvalue weighted by molar-refractivity contribution is 7.98. The predicted molar refractivity (Wildman–Crippen MR) is 72.5 cm³/mol. The maximum atomic E-state index is 11.4. The number of thioether (sulfide) groups is 1. The van der Waals surface area contributed by atoms with Crippen LogP contribution in [0.1, 0.15) is 13.8 Å². The van der Waals surface area contributed by atoms with Crippen molar-refractivity contribution >= 4 is 23.4 Å². The molecule has 1 aromatic carbocycles. The predicted octanol–water partition coefficient (Wildman–Crippen LogP) is 3.02. The molecule has 0 heterocycles. The molecule has 0 bridgehead atoms. The molecule has 0 aliphatic heterocycles. The summed E-state index contributed by atoms with van der Waals surface area (Å²) < 4.78 is 4.73. The number of rotatable bonds is 5. The smallest absolute Gasteiger partial charge is 0.310 e. The Labute approximate surface area is 107 Å². The number of anilines is 1. The number of carbonyl (C=O) groups excluding carboxylic acids is 1. The standard InChI is InChI=1S/C13H19NO2S/c1-9(13(15)16-3)10(2)14-11-5-7-12(17-4)8-6-11/h5-10,14H,1-4H3. The maximum Gasteiger partial charge on any atom is 0.310 e. The third-order valence-corrected chi connectivity index (χ3v) is 3.55. The number of ether oxygens (including phenoxy) is 1. The number of carbonyl (C=O) groups is 1. The summed E-state index contributed by atoms with van der Waals surface area (Å²) in [6.45, 7) is 3.84. The number of hydrogen-bond donors (Lipinski definition) is 1. The lowest BCUT2D eigenvalue weighted by atomic mass is 10.0. The zero-order valence-corrected chi connectivity index (χ0v) is 11.5. The van der Waals surface area contributed by atoms with Crippen molar-refractivity contribution < 1.29 is 9.53 Å². The number of esters is 1. The van der Waals surface area contributed by atoms with Gasteiger partial charge in [-0.2, -0.15) is 0 Å². The minimum absolute atomic E-state index is 0.0441. The van der Waals surface area contributed by atoms with Crippen molar-refractivity contribution in [2.24, 2.45) is 5.92 Å². The van der Waals surface area contributed by atoms with Crippen LogP contribution >= 0.6 is 11.8 Å². The number of hydrogen-bond acceptors (Lipinski definition) is 4. The lowest BCUT2D eigenvalue weighted by Crippen LogP contribution is -2.30. The number of methoxy groups -OCH3 is 1. The third-order valence-electron chi connectivity index (χ3n) is 2.81. The average Bonchev–Trinajstić information content (AvgIpc) is 2.37. The minimum Gasteiger partial charge on any atom is -0.469 e. The van der Waals surface area contributed by atoms with Crippen LogP contribution in [0.15, 0.2) is 29.2 Å². The van der Waals surface area contributed by atoms with Crippen LogP contribution in [0.2, 0.25) is 0 Å². The lowest BCUT2D eigenvalue weighted by molar-refractivity contribution is -0.145. The van der Waals surface area contributed by atoms with Crippen LogP contribution in [0.4, 0.5) is 5.69 Å². The first-order valence-electron chi connectivity index (χ1n) is 5.57. The van der Waals surface area contributed by atoms with Crippen molar-refractivity contribution in [2.45, 2.75) is 24.8 Å². The van der Waals surface area contributed by atoms with Gasteiger partial charge in [0.15, 0.2) is 0 Å². The molecule has 1 rings (SSSR count). The first kappa shape index (κ1) is 13.9. The van der Waals surface area contributed by atoms with Crippen LogP contribution in [0.3, 0.4) is 0 Å². The summed E-state index contributed by atoms with van der Waals surface area (Å²) in [4.78, 5) is 12.6. The van der Waals surface area contributed by atoms with E-state index in [4.69, 9.17) is 4.74 Å². The van der Waals surface area contributed by atoms with Crippen LogP contribution < -0.4 is 5.32 Å². The quantitative estimate of drug-likeness (QED) is 0.646. The summed E-state index contributed by atoms with van der Waals surface area (Å²) in [6, 6.07) is 8.20. The van der Waals surface area contributed by atoms with E-state index in [1.807, 2.05) is 32.2 Å². The van der Waals surface area contributed by atoms with Gasteiger partial charge < -0.3 is 10.1 Å². The molecular formula is C13H19NO2S. The van der Waals surface area contributed by atoms with E-state index >= 15 is 0 Å². The van der Waals surface area contributed by atoms with E-state index in [1.54, 1.807) is 11.8 Å². The normalized spacial score (nSPS) is 13.9. The molecule has 0 fully saturated rings. The van der Waals surface area contributed by atoms with Gasteiger partial charge in [-0.25, -0.2) is 0 Å². The van der Waals surface area contributed by atoms with Crippen LogP contribution in [0, 0.1) is 5.92 Å².